The van der Waals surface area contributed by atoms with E-state index in [4.69, 9.17) is 10.9 Å². The third kappa shape index (κ3) is 9.57. The number of hydrogen-bond donors (Lipinski definition) is 6. The maximum Gasteiger partial charge on any atom is 0.315 e. The van der Waals surface area contributed by atoms with E-state index in [1.54, 1.807) is 16.7 Å². The number of nitrogens with one attached hydrogen (secondary N) is 2. The molecule has 0 bridgehead atoms. The van der Waals surface area contributed by atoms with Gasteiger partial charge >= 0.3 is 6.03 Å². The lowest BCUT2D eigenvalue weighted by Gasteiger charge is -2.33. The van der Waals surface area contributed by atoms with Crippen LogP contribution in [0.15, 0.2) is 71.6 Å². The number of nitrogens with zero attached hydrogens (tertiary/aromatic N) is 2. The number of nitrogens with two attached hydrogens (primary N) is 1. The topological polar surface area (TPSA) is 168 Å². The number of carbonyl (C=O) groups is 3. The highest BCUT2D eigenvalue weighted by atomic mass is 32.2. The molecule has 0 saturated carbocycles. The zero-order valence-corrected chi connectivity index (χ0v) is 28.6. The van der Waals surface area contributed by atoms with E-state index in [-0.39, 0.29) is 57.4 Å². The van der Waals surface area contributed by atoms with Gasteiger partial charge in [0.15, 0.2) is 0 Å². The van der Waals surface area contributed by atoms with Crippen LogP contribution in [-0.2, 0) is 35.6 Å². The molecule has 2 atom stereocenters. The van der Waals surface area contributed by atoms with Crippen LogP contribution in [0.1, 0.15) is 48.9 Å². The number of amides is 4. The number of hydrogen-bond acceptors (Lipinski definition) is 8. The molecule has 0 spiro atoms. The van der Waals surface area contributed by atoms with Gasteiger partial charge in [-0.1, -0.05) is 68.4 Å². The first-order chi connectivity index (χ1) is 23.0. The lowest BCUT2D eigenvalue weighted by Crippen LogP contribution is -2.54. The van der Waals surface area contributed by atoms with Crippen molar-refractivity contribution in [2.24, 2.45) is 11.3 Å². The Morgan fingerprint density at radius 2 is 1.69 bits per heavy atom. The van der Waals surface area contributed by atoms with E-state index in [0.29, 0.717) is 6.54 Å². The molecular formula is C36H47N5O6S. The van der Waals surface area contributed by atoms with Crippen LogP contribution >= 0.6 is 11.8 Å². The molecule has 0 aromatic heterocycles. The lowest BCUT2D eigenvalue weighted by molar-refractivity contribution is -0.148. The molecule has 11 nitrogen and oxygen atoms in total. The highest BCUT2D eigenvalue weighted by Crippen LogP contribution is 2.33. The SMILES string of the molecule is CSc1ccc2c(c1)C[C@@H](N(N)C(=O)CC(C)(C)C[C@H](O)CO)C(=O)N(Cc1ccccc1-c1ccccc1CNC(=O)NCCO)C2. The van der Waals surface area contributed by atoms with Gasteiger partial charge in [0.2, 0.25) is 11.8 Å². The molecule has 1 heterocycles. The van der Waals surface area contributed by atoms with E-state index < -0.39 is 30.1 Å². The monoisotopic (exact) mass is 677 g/mol. The summed E-state index contributed by atoms with van der Waals surface area (Å²) in [5, 5.41) is 34.8. The zero-order valence-electron chi connectivity index (χ0n) is 27.8. The molecule has 1 aliphatic heterocycles. The van der Waals surface area contributed by atoms with E-state index in [1.807, 2.05) is 80.8 Å². The Morgan fingerprint density at radius 1 is 1.02 bits per heavy atom. The van der Waals surface area contributed by atoms with Crippen LogP contribution in [0.2, 0.25) is 0 Å². The third-order valence-electron chi connectivity index (χ3n) is 8.56. The van der Waals surface area contributed by atoms with Crippen molar-refractivity contribution in [3.05, 3.63) is 89.0 Å². The van der Waals surface area contributed by atoms with Gasteiger partial charge < -0.3 is 30.9 Å². The van der Waals surface area contributed by atoms with Crippen molar-refractivity contribution in [1.82, 2.24) is 20.5 Å². The predicted octanol–water partition coefficient (Wildman–Crippen LogP) is 3.18. The van der Waals surface area contributed by atoms with Gasteiger partial charge in [0.05, 0.1) is 19.3 Å². The van der Waals surface area contributed by atoms with Crippen molar-refractivity contribution in [3.8, 4) is 11.1 Å². The summed E-state index contributed by atoms with van der Waals surface area (Å²) in [6.45, 7) is 4.08. The van der Waals surface area contributed by atoms with Gasteiger partial charge in [-0.15, -0.1) is 11.8 Å². The Bertz CT molecular complexity index is 1580. The second kappa shape index (κ2) is 16.9. The highest BCUT2D eigenvalue weighted by molar-refractivity contribution is 7.98. The van der Waals surface area contributed by atoms with E-state index >= 15 is 0 Å². The molecule has 4 rings (SSSR count). The van der Waals surface area contributed by atoms with Crippen LogP contribution in [0.4, 0.5) is 4.79 Å². The fourth-order valence-electron chi connectivity index (χ4n) is 6.13. The molecular weight excluding hydrogens is 630 g/mol. The summed E-state index contributed by atoms with van der Waals surface area (Å²) in [6.07, 6.45) is 1.48. The quantitative estimate of drug-likeness (QED) is 0.0655. The molecule has 3 aromatic carbocycles. The average molecular weight is 678 g/mol. The number of benzene rings is 3. The van der Waals surface area contributed by atoms with Gasteiger partial charge in [0.1, 0.15) is 6.04 Å². The molecule has 1 aliphatic rings. The standard InChI is InChI=1S/C36H47N5O6S/c1-36(2,18-28(44)23-43)19-33(45)41(37)32-17-27-16-29(48-3)13-12-25(27)21-40(34(32)46)22-26-9-5-7-11-31(26)30-10-6-4-8-24(30)20-39-35(47)38-14-15-42/h4-13,16,28,32,42-44H,14-15,17-23,37H2,1-3H3,(H2,38,39,47)/t28-,32+/m0/s1. The maximum absolute atomic E-state index is 14.4. The summed E-state index contributed by atoms with van der Waals surface area (Å²) in [5.41, 5.74) is 4.85. The Kier molecular flexibility index (Phi) is 13.0. The number of thioether (sulfide) groups is 1. The number of hydrazine groups is 1. The smallest absolute Gasteiger partial charge is 0.315 e. The van der Waals surface area contributed by atoms with Gasteiger partial charge in [-0.2, -0.15) is 0 Å². The number of aliphatic hydroxyl groups excluding tert-OH is 3. The first-order valence-corrected chi connectivity index (χ1v) is 17.3. The summed E-state index contributed by atoms with van der Waals surface area (Å²) in [4.78, 5) is 42.9. The zero-order chi connectivity index (χ0) is 34.8. The lowest BCUT2D eigenvalue weighted by atomic mass is 9.83. The van der Waals surface area contributed by atoms with Crippen LogP contribution in [-0.4, -0.2) is 81.2 Å². The molecule has 258 valence electrons. The van der Waals surface area contributed by atoms with Crippen LogP contribution in [0.5, 0.6) is 0 Å². The van der Waals surface area contributed by atoms with Crippen LogP contribution < -0.4 is 16.5 Å². The maximum atomic E-state index is 14.4. The minimum absolute atomic E-state index is 0.00623. The normalized spacial score (nSPS) is 15.4. The number of aliphatic hydroxyl groups is 3. The van der Waals surface area contributed by atoms with E-state index in [2.05, 4.69) is 16.7 Å². The van der Waals surface area contributed by atoms with E-state index in [1.165, 1.54) is 0 Å². The summed E-state index contributed by atoms with van der Waals surface area (Å²) in [6, 6.07) is 20.3. The van der Waals surface area contributed by atoms with Crippen molar-refractivity contribution in [1.29, 1.82) is 0 Å². The number of rotatable bonds is 14. The molecule has 4 amide bonds. The van der Waals surface area contributed by atoms with E-state index in [9.17, 15) is 24.6 Å². The molecule has 0 unspecified atom stereocenters. The van der Waals surface area contributed by atoms with Crippen molar-refractivity contribution in [2.45, 2.75) is 69.8 Å². The summed E-state index contributed by atoms with van der Waals surface area (Å²) >= 11 is 1.60. The largest absolute Gasteiger partial charge is 0.395 e. The second-order valence-corrected chi connectivity index (χ2v) is 13.8. The molecule has 7 N–H and O–H groups in total. The number of urea groups is 1. The molecule has 0 saturated heterocycles. The van der Waals surface area contributed by atoms with Gasteiger partial charge in [0.25, 0.3) is 0 Å². The minimum Gasteiger partial charge on any atom is -0.395 e. The highest BCUT2D eigenvalue weighted by Gasteiger charge is 2.37. The van der Waals surface area contributed by atoms with Crippen LogP contribution in [0, 0.1) is 5.41 Å². The third-order valence-corrected chi connectivity index (χ3v) is 9.29. The van der Waals surface area contributed by atoms with Crippen molar-refractivity contribution in [3.63, 3.8) is 0 Å². The van der Waals surface area contributed by atoms with Gasteiger partial charge in [-0.3, -0.25) is 14.6 Å². The summed E-state index contributed by atoms with van der Waals surface area (Å²) in [7, 11) is 0. The average Bonchev–Trinajstić information content (AvgIpc) is 3.21. The fraction of sp³-hybridized carbons (Fsp3) is 0.417. The second-order valence-electron chi connectivity index (χ2n) is 12.9. The van der Waals surface area contributed by atoms with Gasteiger partial charge in [-0.05, 0) is 63.6 Å². The van der Waals surface area contributed by atoms with E-state index in [0.717, 1.165) is 43.3 Å². The summed E-state index contributed by atoms with van der Waals surface area (Å²) < 4.78 is 0. The Hall–Kier alpha value is -3.94. The Balaban J connectivity index is 1.65. The van der Waals surface area contributed by atoms with Crippen LogP contribution in [0.3, 0.4) is 0 Å². The van der Waals surface area contributed by atoms with Crippen molar-refractivity contribution in [2.75, 3.05) is 26.0 Å². The van der Waals surface area contributed by atoms with Crippen molar-refractivity contribution < 1.29 is 29.7 Å². The number of fused-ring (bicyclic) bond motifs is 1. The van der Waals surface area contributed by atoms with Crippen molar-refractivity contribution >= 4 is 29.6 Å². The van der Waals surface area contributed by atoms with Gasteiger partial charge in [-0.25, -0.2) is 10.6 Å². The first kappa shape index (κ1) is 36.9. The Labute approximate surface area is 286 Å². The Morgan fingerprint density at radius 3 is 2.35 bits per heavy atom. The first-order valence-electron chi connectivity index (χ1n) is 16.0. The molecule has 48 heavy (non-hydrogen) atoms. The molecule has 12 heteroatoms. The summed E-state index contributed by atoms with van der Waals surface area (Å²) in [5.74, 6) is 5.81. The van der Waals surface area contributed by atoms with Gasteiger partial charge in [0, 0.05) is 43.9 Å². The predicted molar refractivity (Wildman–Crippen MR) is 186 cm³/mol. The molecule has 0 aliphatic carbocycles. The van der Waals surface area contributed by atoms with Crippen LogP contribution in [0.25, 0.3) is 11.1 Å². The molecule has 3 aromatic rings. The molecule has 0 fully saturated rings. The molecule has 0 radical (unpaired) electrons. The fourth-order valence-corrected chi connectivity index (χ4v) is 6.60. The minimum atomic E-state index is -0.963. The number of carbonyl (C=O) groups excluding carboxylic acids is 3.